The zero-order valence-electron chi connectivity index (χ0n) is 10.4. The van der Waals surface area contributed by atoms with Crippen molar-refractivity contribution in [1.82, 2.24) is 9.97 Å². The second-order valence-electron chi connectivity index (χ2n) is 3.77. The highest BCUT2D eigenvalue weighted by molar-refractivity contribution is 7.86. The summed E-state index contributed by atoms with van der Waals surface area (Å²) >= 11 is 0. The maximum Gasteiger partial charge on any atom is 0.331 e. The molecule has 0 spiro atoms. The minimum atomic E-state index is -3.80. The number of methoxy groups -OCH3 is 1. The van der Waals surface area contributed by atoms with Crippen LogP contribution < -0.4 is 4.74 Å². The maximum absolute atomic E-state index is 11.7. The fraction of sp³-hybridized carbons (Fsp3) is 0.250. The molecule has 0 aliphatic carbocycles. The second kappa shape index (κ2) is 5.85. The average Bonchev–Trinajstić information content (AvgIpc) is 2.93. The van der Waals surface area contributed by atoms with Gasteiger partial charge in [0.2, 0.25) is 0 Å². The molecule has 0 atom stereocenters. The van der Waals surface area contributed by atoms with E-state index in [-0.39, 0.29) is 11.8 Å². The molecule has 1 heterocycles. The van der Waals surface area contributed by atoms with Crippen molar-refractivity contribution >= 4 is 10.1 Å². The molecular formula is C12H14N2O4S. The first-order valence-corrected chi connectivity index (χ1v) is 7.04. The van der Waals surface area contributed by atoms with E-state index in [1.165, 1.54) is 12.4 Å². The van der Waals surface area contributed by atoms with Crippen LogP contribution in [0.25, 0.3) is 0 Å². The van der Waals surface area contributed by atoms with E-state index in [0.29, 0.717) is 6.42 Å². The third kappa shape index (κ3) is 3.55. The number of nitrogens with zero attached hydrogens (tertiary/aromatic N) is 1. The largest absolute Gasteiger partial charge is 0.497 e. The van der Waals surface area contributed by atoms with Gasteiger partial charge in [0, 0.05) is 12.4 Å². The highest BCUT2D eigenvalue weighted by atomic mass is 32.2. The van der Waals surface area contributed by atoms with Gasteiger partial charge in [0.05, 0.1) is 13.7 Å². The van der Waals surface area contributed by atoms with Gasteiger partial charge in [0.15, 0.2) is 0 Å². The molecular weight excluding hydrogens is 268 g/mol. The molecule has 2 aromatic rings. The molecule has 0 unspecified atom stereocenters. The predicted octanol–water partition coefficient (Wildman–Crippen LogP) is 1.37. The quantitative estimate of drug-likeness (QED) is 0.809. The Morgan fingerprint density at radius 2 is 2.21 bits per heavy atom. The lowest BCUT2D eigenvalue weighted by Crippen LogP contribution is -2.10. The van der Waals surface area contributed by atoms with Gasteiger partial charge in [-0.25, -0.2) is 4.98 Å². The summed E-state index contributed by atoms with van der Waals surface area (Å²) in [4.78, 5) is 6.15. The Morgan fingerprint density at radius 1 is 1.37 bits per heavy atom. The van der Waals surface area contributed by atoms with Crippen LogP contribution in [-0.4, -0.2) is 32.1 Å². The average molecular weight is 282 g/mol. The zero-order chi connectivity index (χ0) is 13.7. The fourth-order valence-corrected chi connectivity index (χ4v) is 2.36. The van der Waals surface area contributed by atoms with Crippen molar-refractivity contribution in [3.05, 3.63) is 42.2 Å². The predicted molar refractivity (Wildman–Crippen MR) is 68.4 cm³/mol. The van der Waals surface area contributed by atoms with E-state index in [0.717, 1.165) is 11.3 Å². The summed E-state index contributed by atoms with van der Waals surface area (Å²) in [5.41, 5.74) is 0.939. The lowest BCUT2D eigenvalue weighted by Gasteiger charge is -2.05. The highest BCUT2D eigenvalue weighted by Crippen LogP contribution is 2.14. The number of rotatable bonds is 6. The van der Waals surface area contributed by atoms with Crippen LogP contribution in [0.15, 0.2) is 41.8 Å². The van der Waals surface area contributed by atoms with Crippen molar-refractivity contribution in [1.29, 1.82) is 0 Å². The van der Waals surface area contributed by atoms with Crippen molar-refractivity contribution in [2.45, 2.75) is 11.6 Å². The number of nitrogens with one attached hydrogen (secondary N) is 1. The van der Waals surface area contributed by atoms with Gasteiger partial charge in [-0.2, -0.15) is 8.42 Å². The minimum Gasteiger partial charge on any atom is -0.497 e. The van der Waals surface area contributed by atoms with Gasteiger partial charge < -0.3 is 9.72 Å². The Balaban J connectivity index is 1.93. The molecule has 1 N–H and O–H groups in total. The van der Waals surface area contributed by atoms with E-state index in [1.807, 2.05) is 24.3 Å². The molecule has 7 heteroatoms. The maximum atomic E-state index is 11.7. The molecule has 0 fully saturated rings. The number of aromatic amines is 1. The van der Waals surface area contributed by atoms with E-state index in [9.17, 15) is 8.42 Å². The lowest BCUT2D eigenvalue weighted by atomic mass is 10.1. The number of hydrogen-bond acceptors (Lipinski definition) is 5. The summed E-state index contributed by atoms with van der Waals surface area (Å²) in [6.07, 6.45) is 3.26. The molecule has 19 heavy (non-hydrogen) atoms. The van der Waals surface area contributed by atoms with Crippen LogP contribution in [0.1, 0.15) is 5.56 Å². The smallest absolute Gasteiger partial charge is 0.331 e. The topological polar surface area (TPSA) is 81.3 Å². The van der Waals surface area contributed by atoms with Crippen molar-refractivity contribution < 1.29 is 17.3 Å². The monoisotopic (exact) mass is 282 g/mol. The number of H-pyrrole nitrogens is 1. The summed E-state index contributed by atoms with van der Waals surface area (Å²) in [7, 11) is -2.22. The molecule has 0 saturated heterocycles. The molecule has 1 aromatic carbocycles. The van der Waals surface area contributed by atoms with Crippen LogP contribution in [0, 0.1) is 0 Å². The minimum absolute atomic E-state index is 0.0518. The molecule has 1 aromatic heterocycles. The number of ether oxygens (including phenoxy) is 1. The van der Waals surface area contributed by atoms with Crippen LogP contribution in [0.3, 0.4) is 0 Å². The van der Waals surface area contributed by atoms with Crippen LogP contribution >= 0.6 is 0 Å². The lowest BCUT2D eigenvalue weighted by molar-refractivity contribution is 0.318. The molecule has 2 rings (SSSR count). The Bertz CT molecular complexity index is 623. The summed E-state index contributed by atoms with van der Waals surface area (Å²) < 4.78 is 33.3. The fourth-order valence-electron chi connectivity index (χ4n) is 1.54. The van der Waals surface area contributed by atoms with Crippen LogP contribution in [0.4, 0.5) is 0 Å². The zero-order valence-corrected chi connectivity index (χ0v) is 11.2. The first-order chi connectivity index (χ1) is 9.12. The highest BCUT2D eigenvalue weighted by Gasteiger charge is 2.17. The molecule has 6 nitrogen and oxygen atoms in total. The second-order valence-corrected chi connectivity index (χ2v) is 5.30. The molecule has 0 aliphatic rings. The molecule has 102 valence electrons. The number of aromatic nitrogens is 2. The summed E-state index contributed by atoms with van der Waals surface area (Å²) in [5, 5.41) is -0.182. The first-order valence-electron chi connectivity index (χ1n) is 5.63. The SMILES string of the molecule is COc1cccc(CCOS(=O)(=O)c2ncc[nH]2)c1. The van der Waals surface area contributed by atoms with Crippen molar-refractivity contribution in [3.63, 3.8) is 0 Å². The Labute approximate surface area is 111 Å². The number of benzene rings is 1. The Kier molecular flexibility index (Phi) is 4.18. The van der Waals surface area contributed by atoms with Gasteiger partial charge in [-0.1, -0.05) is 12.1 Å². The van der Waals surface area contributed by atoms with Gasteiger partial charge in [0.25, 0.3) is 5.16 Å². The van der Waals surface area contributed by atoms with E-state index in [4.69, 9.17) is 8.92 Å². The van der Waals surface area contributed by atoms with E-state index < -0.39 is 10.1 Å². The molecule has 0 aliphatic heterocycles. The first kappa shape index (κ1) is 13.6. The summed E-state index contributed by atoms with van der Waals surface area (Å²) in [5.74, 6) is 0.728. The van der Waals surface area contributed by atoms with E-state index in [1.54, 1.807) is 7.11 Å². The van der Waals surface area contributed by atoms with Crippen molar-refractivity contribution in [3.8, 4) is 5.75 Å². The van der Waals surface area contributed by atoms with Gasteiger partial charge in [-0.15, -0.1) is 0 Å². The van der Waals surface area contributed by atoms with Gasteiger partial charge >= 0.3 is 10.1 Å². The normalized spacial score (nSPS) is 11.4. The van der Waals surface area contributed by atoms with E-state index >= 15 is 0 Å². The molecule has 0 amide bonds. The molecule has 0 bridgehead atoms. The van der Waals surface area contributed by atoms with Gasteiger partial charge in [-0.05, 0) is 24.1 Å². The summed E-state index contributed by atoms with van der Waals surface area (Å²) in [6, 6.07) is 7.38. The van der Waals surface area contributed by atoms with Crippen LogP contribution in [0.5, 0.6) is 5.75 Å². The van der Waals surface area contributed by atoms with Crippen LogP contribution in [-0.2, 0) is 20.7 Å². The van der Waals surface area contributed by atoms with E-state index in [2.05, 4.69) is 9.97 Å². The third-order valence-electron chi connectivity index (χ3n) is 2.47. The number of imidazole rings is 1. The summed E-state index contributed by atoms with van der Waals surface area (Å²) in [6.45, 7) is 0.0518. The molecule has 0 saturated carbocycles. The van der Waals surface area contributed by atoms with Crippen molar-refractivity contribution in [2.24, 2.45) is 0 Å². The third-order valence-corrected chi connectivity index (χ3v) is 3.65. The van der Waals surface area contributed by atoms with Crippen molar-refractivity contribution in [2.75, 3.05) is 13.7 Å². The van der Waals surface area contributed by atoms with Crippen LogP contribution in [0.2, 0.25) is 0 Å². The Hall–Kier alpha value is -1.86. The number of hydrogen-bond donors (Lipinski definition) is 1. The standard InChI is InChI=1S/C12H14N2O4S/c1-17-11-4-2-3-10(9-11)5-8-18-19(15,16)12-13-6-7-14-12/h2-4,6-7,9H,5,8H2,1H3,(H,13,14). The van der Waals surface area contributed by atoms with Gasteiger partial charge in [0.1, 0.15) is 5.75 Å². The Morgan fingerprint density at radius 3 is 2.89 bits per heavy atom. The molecule has 0 radical (unpaired) electrons. The van der Waals surface area contributed by atoms with Gasteiger partial charge in [-0.3, -0.25) is 4.18 Å².